The zero-order valence-electron chi connectivity index (χ0n) is 9.07. The van der Waals surface area contributed by atoms with Crippen LogP contribution in [0.2, 0.25) is 0 Å². The topological polar surface area (TPSA) is 76.3 Å². The number of fused-ring (bicyclic) bond motifs is 1. The molecule has 0 spiro atoms. The average molecular weight is 218 g/mol. The number of aliphatic hydroxyl groups excluding tert-OH is 1. The van der Waals surface area contributed by atoms with Gasteiger partial charge in [0.05, 0.1) is 11.7 Å². The fourth-order valence-electron chi connectivity index (χ4n) is 2.30. The molecule has 1 aromatic carbocycles. The Hall–Kier alpha value is -1.57. The van der Waals surface area contributed by atoms with Gasteiger partial charge in [0.15, 0.2) is 0 Å². The lowest BCUT2D eigenvalue weighted by molar-refractivity contribution is 0.119. The van der Waals surface area contributed by atoms with Gasteiger partial charge in [0.1, 0.15) is 11.8 Å². The summed E-state index contributed by atoms with van der Waals surface area (Å²) < 4.78 is 0. The molecule has 0 bridgehead atoms. The van der Waals surface area contributed by atoms with Crippen LogP contribution in [0.3, 0.4) is 0 Å². The standard InChI is InChI=1S/C12H14N2O2/c1-14-10-4-2-7-8(12(10)16)3-5-11(15)9(7)6-13/h3,5,10,12,14-16H,2,4H2,1H3/t10-,12+/m0/s1. The molecule has 1 aromatic rings. The van der Waals surface area contributed by atoms with Crippen LogP contribution in [0.4, 0.5) is 0 Å². The van der Waals surface area contributed by atoms with Gasteiger partial charge in [0.2, 0.25) is 0 Å². The van der Waals surface area contributed by atoms with Gasteiger partial charge in [0, 0.05) is 6.04 Å². The lowest BCUT2D eigenvalue weighted by atomic mass is 9.83. The second-order valence-corrected chi connectivity index (χ2v) is 4.02. The van der Waals surface area contributed by atoms with Crippen LogP contribution in [-0.4, -0.2) is 23.3 Å². The van der Waals surface area contributed by atoms with E-state index in [1.807, 2.05) is 13.1 Å². The van der Waals surface area contributed by atoms with Crippen molar-refractivity contribution in [1.82, 2.24) is 5.32 Å². The van der Waals surface area contributed by atoms with Crippen LogP contribution in [0.25, 0.3) is 0 Å². The first kappa shape index (κ1) is 10.9. The van der Waals surface area contributed by atoms with Crippen LogP contribution in [-0.2, 0) is 6.42 Å². The molecule has 2 rings (SSSR count). The van der Waals surface area contributed by atoms with Gasteiger partial charge in [0.25, 0.3) is 0 Å². The highest BCUT2D eigenvalue weighted by Crippen LogP contribution is 2.35. The van der Waals surface area contributed by atoms with E-state index in [1.54, 1.807) is 6.07 Å². The molecule has 3 N–H and O–H groups in total. The number of rotatable bonds is 1. The van der Waals surface area contributed by atoms with Crippen LogP contribution >= 0.6 is 0 Å². The number of hydrogen-bond donors (Lipinski definition) is 3. The molecule has 0 fully saturated rings. The normalized spacial score (nSPS) is 23.6. The maximum atomic E-state index is 10.1. The van der Waals surface area contributed by atoms with Crippen molar-refractivity contribution in [2.75, 3.05) is 7.05 Å². The van der Waals surface area contributed by atoms with E-state index < -0.39 is 6.10 Å². The van der Waals surface area contributed by atoms with Gasteiger partial charge in [-0.1, -0.05) is 6.07 Å². The van der Waals surface area contributed by atoms with Crippen molar-refractivity contribution < 1.29 is 10.2 Å². The number of phenols is 1. The van der Waals surface area contributed by atoms with Gasteiger partial charge in [-0.25, -0.2) is 0 Å². The van der Waals surface area contributed by atoms with E-state index in [2.05, 4.69) is 5.32 Å². The van der Waals surface area contributed by atoms with Crippen molar-refractivity contribution in [3.8, 4) is 11.8 Å². The first-order valence-electron chi connectivity index (χ1n) is 5.29. The van der Waals surface area contributed by atoms with Crippen LogP contribution in [0, 0.1) is 11.3 Å². The quantitative estimate of drug-likeness (QED) is 0.652. The summed E-state index contributed by atoms with van der Waals surface area (Å²) in [6, 6.07) is 5.18. The molecular weight excluding hydrogens is 204 g/mol. The summed E-state index contributed by atoms with van der Waals surface area (Å²) in [4.78, 5) is 0. The lowest BCUT2D eigenvalue weighted by Crippen LogP contribution is -2.36. The molecule has 0 heterocycles. The smallest absolute Gasteiger partial charge is 0.133 e. The molecule has 0 aromatic heterocycles. The summed E-state index contributed by atoms with van der Waals surface area (Å²) in [5.74, 6) is -0.00337. The number of nitrogens with one attached hydrogen (secondary N) is 1. The van der Waals surface area contributed by atoms with Gasteiger partial charge < -0.3 is 15.5 Å². The molecule has 4 nitrogen and oxygen atoms in total. The summed E-state index contributed by atoms with van der Waals surface area (Å²) in [6.45, 7) is 0. The van der Waals surface area contributed by atoms with Gasteiger partial charge in [-0.15, -0.1) is 0 Å². The zero-order chi connectivity index (χ0) is 11.7. The van der Waals surface area contributed by atoms with E-state index in [0.717, 1.165) is 17.5 Å². The molecule has 1 aliphatic rings. The molecule has 0 amide bonds. The number of phenolic OH excluding ortho intramolecular Hbond substituents is 1. The van der Waals surface area contributed by atoms with Crippen LogP contribution in [0.1, 0.15) is 29.2 Å². The van der Waals surface area contributed by atoms with E-state index in [0.29, 0.717) is 12.0 Å². The molecular formula is C12H14N2O2. The third-order valence-corrected chi connectivity index (χ3v) is 3.21. The van der Waals surface area contributed by atoms with E-state index in [-0.39, 0.29) is 11.8 Å². The maximum Gasteiger partial charge on any atom is 0.133 e. The molecule has 4 heteroatoms. The van der Waals surface area contributed by atoms with Crippen molar-refractivity contribution in [2.24, 2.45) is 0 Å². The number of nitriles is 1. The van der Waals surface area contributed by atoms with Crippen molar-refractivity contribution >= 4 is 0 Å². The fraction of sp³-hybridized carbons (Fsp3) is 0.417. The van der Waals surface area contributed by atoms with Crippen molar-refractivity contribution in [3.05, 3.63) is 28.8 Å². The fourth-order valence-corrected chi connectivity index (χ4v) is 2.30. The Balaban J connectivity index is 2.52. The minimum atomic E-state index is -0.610. The van der Waals surface area contributed by atoms with E-state index in [4.69, 9.17) is 5.26 Å². The van der Waals surface area contributed by atoms with E-state index in [9.17, 15) is 10.2 Å². The van der Waals surface area contributed by atoms with Gasteiger partial charge in [-0.05, 0) is 37.1 Å². The molecule has 1 aliphatic carbocycles. The molecule has 0 radical (unpaired) electrons. The van der Waals surface area contributed by atoms with Crippen molar-refractivity contribution in [2.45, 2.75) is 25.0 Å². The van der Waals surface area contributed by atoms with Gasteiger partial charge >= 0.3 is 0 Å². The Morgan fingerprint density at radius 1 is 1.50 bits per heavy atom. The number of likely N-dealkylation sites (N-methyl/N-ethyl adjacent to an activating group) is 1. The van der Waals surface area contributed by atoms with Crippen LogP contribution < -0.4 is 5.32 Å². The first-order chi connectivity index (χ1) is 7.69. The summed E-state index contributed by atoms with van der Waals surface area (Å²) in [5.41, 5.74) is 1.83. The van der Waals surface area contributed by atoms with Crippen molar-refractivity contribution in [1.29, 1.82) is 5.26 Å². The van der Waals surface area contributed by atoms with Crippen molar-refractivity contribution in [3.63, 3.8) is 0 Å². The Morgan fingerprint density at radius 2 is 2.25 bits per heavy atom. The molecule has 0 unspecified atom stereocenters. The SMILES string of the molecule is CN[C@H]1CCc2c(ccc(O)c2C#N)[C@H]1O. The lowest BCUT2D eigenvalue weighted by Gasteiger charge is -2.30. The second-order valence-electron chi connectivity index (χ2n) is 4.02. The Bertz CT molecular complexity index is 451. The first-order valence-corrected chi connectivity index (χ1v) is 5.29. The highest BCUT2D eigenvalue weighted by atomic mass is 16.3. The summed E-state index contributed by atoms with van der Waals surface area (Å²) in [5, 5.41) is 31.7. The third-order valence-electron chi connectivity index (χ3n) is 3.21. The Labute approximate surface area is 94.1 Å². The predicted octanol–water partition coefficient (Wildman–Crippen LogP) is 0.831. The number of benzene rings is 1. The number of nitrogens with zero attached hydrogens (tertiary/aromatic N) is 1. The number of aromatic hydroxyl groups is 1. The second kappa shape index (κ2) is 4.12. The summed E-state index contributed by atoms with van der Waals surface area (Å²) in [6.07, 6.45) is 0.860. The van der Waals surface area contributed by atoms with E-state index in [1.165, 1.54) is 6.07 Å². The summed E-state index contributed by atoms with van der Waals surface area (Å²) in [7, 11) is 1.81. The zero-order valence-corrected chi connectivity index (χ0v) is 9.07. The number of aliphatic hydroxyl groups is 1. The number of hydrogen-bond acceptors (Lipinski definition) is 4. The summed E-state index contributed by atoms with van der Waals surface area (Å²) >= 11 is 0. The average Bonchev–Trinajstić information content (AvgIpc) is 2.29. The molecule has 2 atom stereocenters. The van der Waals surface area contributed by atoms with E-state index >= 15 is 0 Å². The molecule has 84 valence electrons. The minimum Gasteiger partial charge on any atom is -0.507 e. The van der Waals surface area contributed by atoms with Crippen LogP contribution in [0.5, 0.6) is 5.75 Å². The van der Waals surface area contributed by atoms with Gasteiger partial charge in [-0.3, -0.25) is 0 Å². The monoisotopic (exact) mass is 218 g/mol. The third kappa shape index (κ3) is 1.54. The Kier molecular flexibility index (Phi) is 2.82. The van der Waals surface area contributed by atoms with Crippen LogP contribution in [0.15, 0.2) is 12.1 Å². The molecule has 0 aliphatic heterocycles. The molecule has 16 heavy (non-hydrogen) atoms. The van der Waals surface area contributed by atoms with Gasteiger partial charge in [-0.2, -0.15) is 5.26 Å². The largest absolute Gasteiger partial charge is 0.507 e. The Morgan fingerprint density at radius 3 is 2.88 bits per heavy atom. The maximum absolute atomic E-state index is 10.1. The minimum absolute atomic E-state index is 0.00337. The highest BCUT2D eigenvalue weighted by molar-refractivity contribution is 5.53. The molecule has 0 saturated heterocycles. The highest BCUT2D eigenvalue weighted by Gasteiger charge is 2.29. The molecule has 0 saturated carbocycles. The predicted molar refractivity (Wildman–Crippen MR) is 59.0 cm³/mol.